The first-order valence-corrected chi connectivity index (χ1v) is 19.7. The lowest BCUT2D eigenvalue weighted by Gasteiger charge is -2.51. The lowest BCUT2D eigenvalue weighted by Crippen LogP contribution is -2.62. The molecule has 0 aromatic rings. The van der Waals surface area contributed by atoms with Crippen molar-refractivity contribution in [3.63, 3.8) is 0 Å². The van der Waals surface area contributed by atoms with Crippen molar-refractivity contribution in [2.45, 2.75) is 184 Å². The maximum atomic E-state index is 13.3. The smallest absolute Gasteiger partial charge is 0.330 e. The number of esters is 3. The predicted molar refractivity (Wildman–Crippen MR) is 194 cm³/mol. The minimum atomic E-state index is -2.31. The summed E-state index contributed by atoms with van der Waals surface area (Å²) in [5, 5.41) is 33.8. The van der Waals surface area contributed by atoms with Gasteiger partial charge in [-0.3, -0.25) is 9.59 Å². The number of carbonyl (C=O) groups is 4. The number of fused-ring (bicyclic) bond motifs is 6. The topological polar surface area (TPSA) is 194 Å². The highest BCUT2D eigenvalue weighted by Gasteiger charge is 2.57. The molecule has 14 nitrogen and oxygen atoms in total. The fourth-order valence-electron chi connectivity index (χ4n) is 7.81. The number of hydrogen-bond acceptors (Lipinski definition) is 14. The van der Waals surface area contributed by atoms with Crippen LogP contribution < -0.4 is 0 Å². The van der Waals surface area contributed by atoms with E-state index in [-0.39, 0.29) is 62.4 Å². The van der Waals surface area contributed by atoms with Gasteiger partial charge in [0.2, 0.25) is 5.79 Å². The van der Waals surface area contributed by atoms with Crippen LogP contribution in [0, 0.1) is 5.41 Å². The highest BCUT2D eigenvalue weighted by atomic mass is 16.7. The van der Waals surface area contributed by atoms with Crippen LogP contribution in [-0.4, -0.2) is 114 Å². The Balaban J connectivity index is 1.72. The summed E-state index contributed by atoms with van der Waals surface area (Å²) in [5.74, 6) is -4.36. The van der Waals surface area contributed by atoms with Gasteiger partial charge >= 0.3 is 17.9 Å². The largest absolute Gasteiger partial charge is 0.466 e. The molecule has 4 rings (SSSR count). The molecule has 306 valence electrons. The Morgan fingerprint density at radius 2 is 1.67 bits per heavy atom. The second kappa shape index (κ2) is 21.0. The van der Waals surface area contributed by atoms with Crippen molar-refractivity contribution in [3.05, 3.63) is 23.8 Å². The van der Waals surface area contributed by atoms with Crippen LogP contribution in [0.15, 0.2) is 23.8 Å². The van der Waals surface area contributed by atoms with E-state index in [0.29, 0.717) is 19.3 Å². The molecule has 2 unspecified atom stereocenters. The van der Waals surface area contributed by atoms with E-state index in [4.69, 9.17) is 33.2 Å². The number of cyclic esters (lactones) is 1. The van der Waals surface area contributed by atoms with E-state index < -0.39 is 72.5 Å². The first-order valence-electron chi connectivity index (χ1n) is 19.7. The molecular weight excluding hydrogens is 704 g/mol. The summed E-state index contributed by atoms with van der Waals surface area (Å²) in [5.41, 5.74) is -1.16. The Labute approximate surface area is 318 Å². The van der Waals surface area contributed by atoms with Gasteiger partial charge in [-0.25, -0.2) is 4.79 Å². The third-order valence-electron chi connectivity index (χ3n) is 10.8. The van der Waals surface area contributed by atoms with Gasteiger partial charge in [0.25, 0.3) is 0 Å². The molecule has 6 bridgehead atoms. The standard InChI is InChI=1S/C40H62O14/c1-5-6-7-8-9-13-34(44)53-38-26(19-35(45)48-4)18-32-24-33(25-42)50-36(46)21-27(43)20-28-11-10-12-29(49-28)22-31-23-30(15-17-41)51-37(52-31)14-16-39(2,3)40(38,47)54-32/h14,16-17,19,27-33,37-38,42-43,47H,5-13,15,18,20-25H2,1-4H3/b16-14+,26-19+/t27-,28+,29?,30+,31?,32+,33-,37+,38+,40-/m1/s1. The monoisotopic (exact) mass is 766 g/mol. The van der Waals surface area contributed by atoms with Crippen LogP contribution in [0.1, 0.15) is 124 Å². The number of rotatable bonds is 11. The Bertz CT molecular complexity index is 1300. The van der Waals surface area contributed by atoms with Gasteiger partial charge in [-0.15, -0.1) is 0 Å². The number of aliphatic hydroxyl groups is 3. The molecule has 4 aliphatic rings. The molecule has 0 spiro atoms. The number of hydrogen-bond donors (Lipinski definition) is 3. The summed E-state index contributed by atoms with van der Waals surface area (Å²) in [6.07, 6.45) is 6.40. The molecular formula is C40H62O14. The first-order chi connectivity index (χ1) is 25.8. The average molecular weight is 767 g/mol. The van der Waals surface area contributed by atoms with Crippen LogP contribution in [0.4, 0.5) is 0 Å². The van der Waals surface area contributed by atoms with Crippen LogP contribution >= 0.6 is 0 Å². The normalized spacial score (nSPS) is 36.3. The van der Waals surface area contributed by atoms with E-state index in [9.17, 15) is 34.5 Å². The molecule has 3 N–H and O–H groups in total. The van der Waals surface area contributed by atoms with Crippen molar-refractivity contribution in [3.8, 4) is 0 Å². The van der Waals surface area contributed by atoms with Crippen molar-refractivity contribution in [2.24, 2.45) is 5.41 Å². The Kier molecular flexibility index (Phi) is 17.1. The number of carbonyl (C=O) groups excluding carboxylic acids is 4. The van der Waals surface area contributed by atoms with Crippen molar-refractivity contribution in [2.75, 3.05) is 13.7 Å². The number of methoxy groups -OCH3 is 1. The van der Waals surface area contributed by atoms with Gasteiger partial charge in [0.05, 0.1) is 56.8 Å². The zero-order chi connectivity index (χ0) is 39.3. The second-order valence-electron chi connectivity index (χ2n) is 15.7. The zero-order valence-corrected chi connectivity index (χ0v) is 32.4. The van der Waals surface area contributed by atoms with Gasteiger partial charge in [0.15, 0.2) is 12.4 Å². The van der Waals surface area contributed by atoms with Gasteiger partial charge in [0.1, 0.15) is 12.4 Å². The number of unbranched alkanes of at least 4 members (excludes halogenated alkanes) is 4. The van der Waals surface area contributed by atoms with Crippen LogP contribution in [0.3, 0.4) is 0 Å². The van der Waals surface area contributed by atoms with Gasteiger partial charge in [-0.2, -0.15) is 0 Å². The van der Waals surface area contributed by atoms with Crippen LogP contribution in [-0.2, 0) is 52.3 Å². The maximum absolute atomic E-state index is 13.3. The fourth-order valence-corrected chi connectivity index (χ4v) is 7.81. The molecule has 4 aliphatic heterocycles. The maximum Gasteiger partial charge on any atom is 0.330 e. The first kappa shape index (κ1) is 44.0. The molecule has 0 aliphatic carbocycles. The third kappa shape index (κ3) is 12.7. The Morgan fingerprint density at radius 1 is 0.944 bits per heavy atom. The molecule has 54 heavy (non-hydrogen) atoms. The van der Waals surface area contributed by atoms with Crippen molar-refractivity contribution < 1.29 is 67.7 Å². The zero-order valence-electron chi connectivity index (χ0n) is 32.4. The van der Waals surface area contributed by atoms with Crippen LogP contribution in [0.2, 0.25) is 0 Å². The molecule has 0 amide bonds. The fraction of sp³-hybridized carbons (Fsp3) is 0.800. The molecule has 3 fully saturated rings. The molecule has 14 heteroatoms. The minimum Gasteiger partial charge on any atom is -0.466 e. The summed E-state index contributed by atoms with van der Waals surface area (Å²) < 4.78 is 41.8. The van der Waals surface area contributed by atoms with E-state index in [1.165, 1.54) is 7.11 Å². The highest BCUT2D eigenvalue weighted by Crippen LogP contribution is 2.47. The van der Waals surface area contributed by atoms with Gasteiger partial charge in [-0.1, -0.05) is 52.5 Å². The molecule has 4 heterocycles. The summed E-state index contributed by atoms with van der Waals surface area (Å²) in [6, 6.07) is 0. The van der Waals surface area contributed by atoms with E-state index in [0.717, 1.165) is 57.3 Å². The lowest BCUT2D eigenvalue weighted by molar-refractivity contribution is -0.327. The molecule has 0 radical (unpaired) electrons. The SMILES string of the molecule is CCCCCCCC(=O)O[C@H]1/C(=C/C(=O)OC)C[C@H]2C[C@H](CO)OC(=O)C[C@H](O)C[C@@H]3CCCC(CC4C[C@H](CC=O)O[C@H](/C=C/C(C)(C)[C@]1(O)O2)O4)O3. The molecule has 0 saturated carbocycles. The number of ether oxygens (including phenoxy) is 7. The summed E-state index contributed by atoms with van der Waals surface area (Å²) in [4.78, 5) is 50.6. The lowest BCUT2D eigenvalue weighted by atomic mass is 9.74. The van der Waals surface area contributed by atoms with Gasteiger partial charge in [-0.05, 0) is 43.8 Å². The minimum absolute atomic E-state index is 0.0353. The second-order valence-corrected chi connectivity index (χ2v) is 15.7. The predicted octanol–water partition coefficient (Wildman–Crippen LogP) is 4.28. The van der Waals surface area contributed by atoms with Crippen LogP contribution in [0.5, 0.6) is 0 Å². The van der Waals surface area contributed by atoms with E-state index in [1.54, 1.807) is 26.0 Å². The van der Waals surface area contributed by atoms with Crippen LogP contribution in [0.25, 0.3) is 0 Å². The van der Waals surface area contributed by atoms with E-state index in [2.05, 4.69) is 6.92 Å². The van der Waals surface area contributed by atoms with E-state index >= 15 is 0 Å². The molecule has 0 aromatic carbocycles. The third-order valence-corrected chi connectivity index (χ3v) is 10.8. The average Bonchev–Trinajstić information content (AvgIpc) is 3.11. The quantitative estimate of drug-likeness (QED) is 0.0674. The molecule has 10 atom stereocenters. The summed E-state index contributed by atoms with van der Waals surface area (Å²) >= 11 is 0. The van der Waals surface area contributed by atoms with Gasteiger partial charge in [0, 0.05) is 50.0 Å². The van der Waals surface area contributed by atoms with E-state index in [1.807, 2.05) is 0 Å². The number of aliphatic hydroxyl groups excluding tert-OH is 2. The van der Waals surface area contributed by atoms with Crippen molar-refractivity contribution in [1.82, 2.24) is 0 Å². The van der Waals surface area contributed by atoms with Crippen molar-refractivity contribution >= 4 is 24.2 Å². The molecule has 3 saturated heterocycles. The van der Waals surface area contributed by atoms with Crippen molar-refractivity contribution in [1.29, 1.82) is 0 Å². The summed E-state index contributed by atoms with van der Waals surface area (Å²) in [7, 11) is 1.20. The van der Waals surface area contributed by atoms with Gasteiger partial charge < -0.3 is 53.3 Å². The summed E-state index contributed by atoms with van der Waals surface area (Å²) in [6.45, 7) is 4.86. The highest BCUT2D eigenvalue weighted by molar-refractivity contribution is 5.83. The Morgan fingerprint density at radius 3 is 2.37 bits per heavy atom. The molecule has 0 aromatic heterocycles. The number of aldehydes is 1. The Hall–Kier alpha value is -2.72.